The van der Waals surface area contributed by atoms with E-state index >= 15 is 0 Å². The lowest BCUT2D eigenvalue weighted by Crippen LogP contribution is -2.39. The summed E-state index contributed by atoms with van der Waals surface area (Å²) < 4.78 is 1.38. The van der Waals surface area contributed by atoms with Crippen molar-refractivity contribution in [3.05, 3.63) is 80.4 Å². The van der Waals surface area contributed by atoms with E-state index in [-0.39, 0.29) is 19.0 Å². The topological polar surface area (TPSA) is 84.0 Å². The van der Waals surface area contributed by atoms with E-state index in [2.05, 4.69) is 10.3 Å². The number of para-hydroxylation sites is 2. The van der Waals surface area contributed by atoms with Gasteiger partial charge in [-0.25, -0.2) is 0 Å². The number of hydrogen-bond donors (Lipinski definition) is 2. The third-order valence-corrected chi connectivity index (χ3v) is 3.78. The summed E-state index contributed by atoms with van der Waals surface area (Å²) in [5, 5.41) is 2.78. The molecule has 0 aliphatic heterocycles. The van der Waals surface area contributed by atoms with E-state index in [1.54, 1.807) is 36.4 Å². The van der Waals surface area contributed by atoms with Crippen molar-refractivity contribution >= 4 is 16.9 Å². The number of amides is 1. The SMILES string of the molecule is Cc1cccc(C(=O)NCCn2c(=O)c(=O)[nH]c3ccccc32)c1. The van der Waals surface area contributed by atoms with E-state index in [9.17, 15) is 14.4 Å². The fourth-order valence-electron chi connectivity index (χ4n) is 2.61. The number of aryl methyl sites for hydroxylation is 1. The van der Waals surface area contributed by atoms with Gasteiger partial charge in [-0.05, 0) is 31.2 Å². The predicted molar refractivity (Wildman–Crippen MR) is 92.3 cm³/mol. The Morgan fingerprint density at radius 2 is 1.92 bits per heavy atom. The lowest BCUT2D eigenvalue weighted by atomic mass is 10.1. The minimum atomic E-state index is -0.668. The van der Waals surface area contributed by atoms with Crippen molar-refractivity contribution in [3.63, 3.8) is 0 Å². The van der Waals surface area contributed by atoms with Gasteiger partial charge < -0.3 is 14.9 Å². The third kappa shape index (κ3) is 3.12. The number of carbonyl (C=O) groups is 1. The van der Waals surface area contributed by atoms with Crippen LogP contribution in [0.5, 0.6) is 0 Å². The zero-order valence-corrected chi connectivity index (χ0v) is 13.2. The molecule has 122 valence electrons. The zero-order valence-electron chi connectivity index (χ0n) is 13.2. The maximum absolute atomic E-state index is 12.1. The van der Waals surface area contributed by atoms with Crippen molar-refractivity contribution in [3.8, 4) is 0 Å². The molecule has 1 amide bonds. The van der Waals surface area contributed by atoms with E-state index in [1.807, 2.05) is 19.1 Å². The zero-order chi connectivity index (χ0) is 17.1. The summed E-state index contributed by atoms with van der Waals surface area (Å²) >= 11 is 0. The number of fused-ring (bicyclic) bond motifs is 1. The molecule has 0 aliphatic carbocycles. The average molecular weight is 323 g/mol. The quantitative estimate of drug-likeness (QED) is 0.712. The second-order valence-electron chi connectivity index (χ2n) is 5.55. The van der Waals surface area contributed by atoms with Crippen molar-refractivity contribution in [1.29, 1.82) is 0 Å². The summed E-state index contributed by atoms with van der Waals surface area (Å²) in [7, 11) is 0. The van der Waals surface area contributed by atoms with Crippen LogP contribution in [0.4, 0.5) is 0 Å². The van der Waals surface area contributed by atoms with Gasteiger partial charge in [0.15, 0.2) is 0 Å². The summed E-state index contributed by atoms with van der Waals surface area (Å²) in [5.41, 5.74) is 1.49. The van der Waals surface area contributed by atoms with Crippen LogP contribution in [0.15, 0.2) is 58.1 Å². The first-order valence-electron chi connectivity index (χ1n) is 7.63. The molecule has 0 unspecified atom stereocenters. The van der Waals surface area contributed by atoms with E-state index in [0.29, 0.717) is 16.6 Å². The van der Waals surface area contributed by atoms with Gasteiger partial charge in [-0.2, -0.15) is 0 Å². The maximum atomic E-state index is 12.1. The molecule has 0 saturated carbocycles. The van der Waals surface area contributed by atoms with E-state index in [1.165, 1.54) is 4.57 Å². The molecule has 6 heteroatoms. The highest BCUT2D eigenvalue weighted by Gasteiger charge is 2.08. The highest BCUT2D eigenvalue weighted by atomic mass is 16.2. The predicted octanol–water partition coefficient (Wildman–Crippen LogP) is 1.43. The van der Waals surface area contributed by atoms with Crippen molar-refractivity contribution in [1.82, 2.24) is 14.9 Å². The molecule has 1 heterocycles. The Labute approximate surface area is 137 Å². The van der Waals surface area contributed by atoms with Crippen LogP contribution in [-0.4, -0.2) is 22.0 Å². The summed E-state index contributed by atoms with van der Waals surface area (Å²) in [6.07, 6.45) is 0. The average Bonchev–Trinajstić information content (AvgIpc) is 2.58. The van der Waals surface area contributed by atoms with Crippen LogP contribution in [0.25, 0.3) is 11.0 Å². The fourth-order valence-corrected chi connectivity index (χ4v) is 2.61. The summed E-state index contributed by atoms with van der Waals surface area (Å²) in [6, 6.07) is 14.3. The van der Waals surface area contributed by atoms with Crippen molar-refractivity contribution in [2.24, 2.45) is 0 Å². The molecule has 1 aromatic heterocycles. The molecule has 0 aliphatic rings. The van der Waals surface area contributed by atoms with Gasteiger partial charge in [-0.15, -0.1) is 0 Å². The molecule has 0 bridgehead atoms. The molecule has 0 fully saturated rings. The van der Waals surface area contributed by atoms with Crippen molar-refractivity contribution < 1.29 is 4.79 Å². The molecular formula is C18H17N3O3. The smallest absolute Gasteiger partial charge is 0.316 e. The molecule has 3 aromatic rings. The Bertz CT molecular complexity index is 1020. The van der Waals surface area contributed by atoms with Gasteiger partial charge in [0.05, 0.1) is 11.0 Å². The number of aromatic amines is 1. The molecule has 0 saturated heterocycles. The Balaban J connectivity index is 1.79. The van der Waals surface area contributed by atoms with Crippen LogP contribution in [0.2, 0.25) is 0 Å². The highest BCUT2D eigenvalue weighted by molar-refractivity contribution is 5.94. The van der Waals surface area contributed by atoms with E-state index < -0.39 is 11.1 Å². The summed E-state index contributed by atoms with van der Waals surface area (Å²) in [4.78, 5) is 38.5. The maximum Gasteiger partial charge on any atom is 0.316 e. The van der Waals surface area contributed by atoms with Crippen molar-refractivity contribution in [2.45, 2.75) is 13.5 Å². The highest BCUT2D eigenvalue weighted by Crippen LogP contribution is 2.07. The number of carbonyl (C=O) groups excluding carboxylic acids is 1. The summed E-state index contributed by atoms with van der Waals surface area (Å²) in [6.45, 7) is 2.39. The Morgan fingerprint density at radius 1 is 1.12 bits per heavy atom. The second kappa shape index (κ2) is 6.54. The normalized spacial score (nSPS) is 10.7. The Hall–Kier alpha value is -3.15. The van der Waals surface area contributed by atoms with Gasteiger partial charge in [0, 0.05) is 18.7 Å². The first-order chi connectivity index (χ1) is 11.6. The molecule has 24 heavy (non-hydrogen) atoms. The van der Waals surface area contributed by atoms with Crippen LogP contribution in [0.1, 0.15) is 15.9 Å². The molecule has 6 nitrogen and oxygen atoms in total. The second-order valence-corrected chi connectivity index (χ2v) is 5.55. The van der Waals surface area contributed by atoms with Crippen LogP contribution in [0, 0.1) is 6.92 Å². The van der Waals surface area contributed by atoms with Crippen LogP contribution in [-0.2, 0) is 6.54 Å². The van der Waals surface area contributed by atoms with Gasteiger partial charge in [0.1, 0.15) is 0 Å². The summed E-state index contributed by atoms with van der Waals surface area (Å²) in [5.74, 6) is -0.208. The number of rotatable bonds is 4. The first-order valence-corrected chi connectivity index (χ1v) is 7.63. The van der Waals surface area contributed by atoms with E-state index in [0.717, 1.165) is 5.56 Å². The number of nitrogens with one attached hydrogen (secondary N) is 2. The Morgan fingerprint density at radius 3 is 2.71 bits per heavy atom. The number of hydrogen-bond acceptors (Lipinski definition) is 3. The molecule has 2 aromatic carbocycles. The number of benzene rings is 2. The van der Waals surface area contributed by atoms with Crippen LogP contribution < -0.4 is 16.4 Å². The van der Waals surface area contributed by atoms with Gasteiger partial charge in [0.25, 0.3) is 5.91 Å². The minimum absolute atomic E-state index is 0.208. The molecular weight excluding hydrogens is 306 g/mol. The molecule has 0 atom stereocenters. The largest absolute Gasteiger partial charge is 0.350 e. The number of aromatic nitrogens is 2. The molecule has 0 spiro atoms. The molecule has 3 rings (SSSR count). The first kappa shape index (κ1) is 15.7. The lowest BCUT2D eigenvalue weighted by molar-refractivity contribution is 0.0952. The standard InChI is InChI=1S/C18H17N3O3/c1-12-5-4-6-13(11-12)16(22)19-9-10-21-15-8-3-2-7-14(15)20-17(23)18(21)24/h2-8,11H,9-10H2,1H3,(H,19,22)(H,20,23). The molecule has 0 radical (unpaired) electrons. The fraction of sp³-hybridized carbons (Fsp3) is 0.167. The van der Waals surface area contributed by atoms with E-state index in [4.69, 9.17) is 0 Å². The Kier molecular flexibility index (Phi) is 4.29. The molecule has 2 N–H and O–H groups in total. The van der Waals surface area contributed by atoms with Gasteiger partial charge in [-0.1, -0.05) is 29.8 Å². The van der Waals surface area contributed by atoms with Crippen molar-refractivity contribution in [2.75, 3.05) is 6.54 Å². The van der Waals surface area contributed by atoms with Gasteiger partial charge in [0.2, 0.25) is 0 Å². The van der Waals surface area contributed by atoms with Gasteiger partial charge >= 0.3 is 11.1 Å². The van der Waals surface area contributed by atoms with Crippen LogP contribution in [0.3, 0.4) is 0 Å². The van der Waals surface area contributed by atoms with Gasteiger partial charge in [-0.3, -0.25) is 14.4 Å². The lowest BCUT2D eigenvalue weighted by Gasteiger charge is -2.10. The number of nitrogens with zero attached hydrogens (tertiary/aromatic N) is 1. The monoisotopic (exact) mass is 323 g/mol. The minimum Gasteiger partial charge on any atom is -0.350 e. The van der Waals surface area contributed by atoms with Crippen LogP contribution >= 0.6 is 0 Å². The number of H-pyrrole nitrogens is 1. The third-order valence-electron chi connectivity index (χ3n) is 3.78.